The first-order chi connectivity index (χ1) is 8.45. The van der Waals surface area contributed by atoms with Crippen molar-refractivity contribution in [3.05, 3.63) is 0 Å². The van der Waals surface area contributed by atoms with Crippen molar-refractivity contribution in [1.29, 1.82) is 0 Å². The molecule has 2 aliphatic rings. The first kappa shape index (κ1) is 14.4. The van der Waals surface area contributed by atoms with Crippen LogP contribution in [0.5, 0.6) is 0 Å². The first-order valence-corrected chi connectivity index (χ1v) is 8.45. The third-order valence-corrected chi connectivity index (χ3v) is 7.14. The molecule has 106 valence electrons. The summed E-state index contributed by atoms with van der Waals surface area (Å²) in [5, 5.41) is 0. The maximum Gasteiger partial charge on any atom is -0.0243 e. The summed E-state index contributed by atoms with van der Waals surface area (Å²) in [7, 11) is 0. The highest BCUT2D eigenvalue weighted by Gasteiger charge is 2.60. The molecule has 2 fully saturated rings. The van der Waals surface area contributed by atoms with Gasteiger partial charge in [0.25, 0.3) is 0 Å². The van der Waals surface area contributed by atoms with Gasteiger partial charge in [0.05, 0.1) is 0 Å². The monoisotopic (exact) mass is 250 g/mol. The van der Waals surface area contributed by atoms with Crippen LogP contribution in [0.15, 0.2) is 0 Å². The minimum absolute atomic E-state index is 0.612. The van der Waals surface area contributed by atoms with Crippen molar-refractivity contribution in [1.82, 2.24) is 0 Å². The Morgan fingerprint density at radius 1 is 1.17 bits per heavy atom. The van der Waals surface area contributed by atoms with Crippen LogP contribution in [0.4, 0.5) is 0 Å². The van der Waals surface area contributed by atoms with Crippen LogP contribution in [0.2, 0.25) is 0 Å². The van der Waals surface area contributed by atoms with Crippen molar-refractivity contribution in [3.63, 3.8) is 0 Å². The van der Waals surface area contributed by atoms with Crippen molar-refractivity contribution in [2.24, 2.45) is 28.6 Å². The second kappa shape index (κ2) is 5.17. The summed E-state index contributed by atoms with van der Waals surface area (Å²) in [6.07, 6.45) is 11.7. The lowest BCUT2D eigenvalue weighted by Gasteiger charge is -2.40. The third kappa shape index (κ3) is 2.14. The molecule has 0 aliphatic heterocycles. The van der Waals surface area contributed by atoms with E-state index in [4.69, 9.17) is 0 Å². The lowest BCUT2D eigenvalue weighted by atomic mass is 9.64. The average molecular weight is 250 g/mol. The molecule has 2 rings (SSSR count). The number of fused-ring (bicyclic) bond motifs is 2. The van der Waals surface area contributed by atoms with Crippen molar-refractivity contribution in [3.8, 4) is 0 Å². The Morgan fingerprint density at radius 3 is 2.33 bits per heavy atom. The molecule has 0 N–H and O–H groups in total. The molecule has 2 aliphatic carbocycles. The molecule has 0 spiro atoms. The highest BCUT2D eigenvalue weighted by Crippen LogP contribution is 2.69. The zero-order valence-electron chi connectivity index (χ0n) is 13.4. The van der Waals surface area contributed by atoms with Crippen LogP contribution in [-0.4, -0.2) is 0 Å². The third-order valence-electron chi connectivity index (χ3n) is 7.14. The van der Waals surface area contributed by atoms with Crippen LogP contribution in [0.25, 0.3) is 0 Å². The van der Waals surface area contributed by atoms with Gasteiger partial charge in [0.15, 0.2) is 0 Å². The normalized spacial score (nSPS) is 39.2. The zero-order valence-corrected chi connectivity index (χ0v) is 13.4. The molecule has 0 aromatic rings. The molecule has 0 nitrogen and oxygen atoms in total. The van der Waals surface area contributed by atoms with E-state index in [0.717, 1.165) is 17.8 Å². The minimum Gasteiger partial charge on any atom is -0.0654 e. The van der Waals surface area contributed by atoms with E-state index in [1.807, 2.05) is 0 Å². The van der Waals surface area contributed by atoms with E-state index in [9.17, 15) is 0 Å². The van der Waals surface area contributed by atoms with Crippen LogP contribution in [0, 0.1) is 28.6 Å². The van der Waals surface area contributed by atoms with E-state index >= 15 is 0 Å². The summed E-state index contributed by atoms with van der Waals surface area (Å²) in [5.74, 6) is 3.05. The van der Waals surface area contributed by atoms with Gasteiger partial charge in [0, 0.05) is 0 Å². The predicted octanol–water partition coefficient (Wildman–Crippen LogP) is 6.06. The maximum atomic E-state index is 2.61. The highest BCUT2D eigenvalue weighted by molar-refractivity contribution is 5.10. The molecule has 4 unspecified atom stereocenters. The van der Waals surface area contributed by atoms with Gasteiger partial charge in [-0.05, 0) is 54.3 Å². The number of hydrogen-bond donors (Lipinski definition) is 0. The standard InChI is InChI=1S/C18H34/c1-6-8-9-14(7-2)12-16-13-15-10-11-18(16,5)17(15,3)4/h14-16H,6-13H2,1-5H3. The molecule has 2 bridgehead atoms. The summed E-state index contributed by atoms with van der Waals surface area (Å²) < 4.78 is 0. The Labute approximate surface area is 115 Å². The second-order valence-electron chi connectivity index (χ2n) is 7.96. The van der Waals surface area contributed by atoms with Gasteiger partial charge < -0.3 is 0 Å². The van der Waals surface area contributed by atoms with Gasteiger partial charge in [-0.1, -0.05) is 60.3 Å². The quantitative estimate of drug-likeness (QED) is 0.538. The molecular formula is C18H34. The fourth-order valence-electron chi connectivity index (χ4n) is 5.11. The van der Waals surface area contributed by atoms with Crippen molar-refractivity contribution < 1.29 is 0 Å². The lowest BCUT2D eigenvalue weighted by Crippen LogP contribution is -2.33. The Kier molecular flexibility index (Phi) is 4.14. The summed E-state index contributed by atoms with van der Waals surface area (Å²) in [5.41, 5.74) is 1.26. The molecule has 4 atom stereocenters. The van der Waals surface area contributed by atoms with E-state index in [0.29, 0.717) is 10.8 Å². The molecule has 18 heavy (non-hydrogen) atoms. The van der Waals surface area contributed by atoms with Crippen LogP contribution in [-0.2, 0) is 0 Å². The van der Waals surface area contributed by atoms with Crippen LogP contribution in [0.3, 0.4) is 0 Å². The topological polar surface area (TPSA) is 0 Å². The highest BCUT2D eigenvalue weighted by atomic mass is 14.7. The molecule has 0 aromatic carbocycles. The summed E-state index contributed by atoms with van der Waals surface area (Å²) >= 11 is 0. The molecule has 0 radical (unpaired) electrons. The van der Waals surface area contributed by atoms with E-state index in [2.05, 4.69) is 34.6 Å². The zero-order chi connectivity index (χ0) is 13.4. The Hall–Kier alpha value is 0. The van der Waals surface area contributed by atoms with Gasteiger partial charge in [0.1, 0.15) is 0 Å². The Bertz CT molecular complexity index is 278. The Morgan fingerprint density at radius 2 is 1.89 bits per heavy atom. The largest absolute Gasteiger partial charge is 0.0654 e. The van der Waals surface area contributed by atoms with Gasteiger partial charge in [-0.25, -0.2) is 0 Å². The fourth-order valence-corrected chi connectivity index (χ4v) is 5.11. The van der Waals surface area contributed by atoms with E-state index in [1.165, 1.54) is 51.4 Å². The van der Waals surface area contributed by atoms with Gasteiger partial charge in [0.2, 0.25) is 0 Å². The molecule has 0 heterocycles. The van der Waals surface area contributed by atoms with Gasteiger partial charge in [-0.2, -0.15) is 0 Å². The van der Waals surface area contributed by atoms with Crippen molar-refractivity contribution in [2.75, 3.05) is 0 Å². The van der Waals surface area contributed by atoms with Crippen LogP contribution in [0.1, 0.15) is 86.0 Å². The molecule has 0 aromatic heterocycles. The predicted molar refractivity (Wildman–Crippen MR) is 80.6 cm³/mol. The number of hydrogen-bond acceptors (Lipinski definition) is 0. The molecular weight excluding hydrogens is 216 g/mol. The SMILES string of the molecule is CCCCC(CC)CC1CC2CCC1(C)C2(C)C. The number of rotatable bonds is 6. The minimum atomic E-state index is 0.612. The van der Waals surface area contributed by atoms with E-state index in [1.54, 1.807) is 0 Å². The second-order valence-corrected chi connectivity index (χ2v) is 7.96. The van der Waals surface area contributed by atoms with Gasteiger partial charge in [-0.15, -0.1) is 0 Å². The lowest BCUT2D eigenvalue weighted by molar-refractivity contribution is 0.0854. The summed E-state index contributed by atoms with van der Waals surface area (Å²) in [4.78, 5) is 0. The molecule has 0 amide bonds. The van der Waals surface area contributed by atoms with Crippen LogP contribution < -0.4 is 0 Å². The van der Waals surface area contributed by atoms with Crippen molar-refractivity contribution in [2.45, 2.75) is 86.0 Å². The van der Waals surface area contributed by atoms with E-state index < -0.39 is 0 Å². The molecule has 2 saturated carbocycles. The maximum absolute atomic E-state index is 2.61. The van der Waals surface area contributed by atoms with Gasteiger partial charge >= 0.3 is 0 Å². The average Bonchev–Trinajstić information content (AvgIpc) is 2.67. The number of unbranched alkanes of at least 4 members (excludes halogenated alkanes) is 1. The smallest absolute Gasteiger partial charge is 0.0243 e. The van der Waals surface area contributed by atoms with Crippen LogP contribution >= 0.6 is 0 Å². The Balaban J connectivity index is 1.99. The van der Waals surface area contributed by atoms with Crippen molar-refractivity contribution >= 4 is 0 Å². The summed E-state index contributed by atoms with van der Waals surface area (Å²) in [6, 6.07) is 0. The van der Waals surface area contributed by atoms with E-state index in [-0.39, 0.29) is 0 Å². The first-order valence-electron chi connectivity index (χ1n) is 8.45. The molecule has 0 heteroatoms. The fraction of sp³-hybridized carbons (Fsp3) is 1.00. The molecule has 0 saturated heterocycles. The van der Waals surface area contributed by atoms with Gasteiger partial charge in [-0.3, -0.25) is 0 Å². The summed E-state index contributed by atoms with van der Waals surface area (Å²) in [6.45, 7) is 12.4.